The number of fused-ring (bicyclic) bond motifs is 1. The highest BCUT2D eigenvalue weighted by Crippen LogP contribution is 2.28. The topological polar surface area (TPSA) is 85.5 Å². The number of anilines is 1. The molecule has 0 aliphatic heterocycles. The molecule has 1 fully saturated rings. The Kier molecular flexibility index (Phi) is 2.81. The van der Waals surface area contributed by atoms with Crippen molar-refractivity contribution in [3.8, 4) is 0 Å². The molecule has 0 atom stereocenters. The quantitative estimate of drug-likeness (QED) is 0.824. The number of rotatable bonds is 4. The predicted octanol–water partition coefficient (Wildman–Crippen LogP) is 2.10. The summed E-state index contributed by atoms with van der Waals surface area (Å²) >= 11 is 0. The molecule has 4 N–H and O–H groups in total. The van der Waals surface area contributed by atoms with Crippen LogP contribution >= 0.6 is 0 Å². The molecule has 0 spiro atoms. The number of carbonyl (C=O) groups excluding carboxylic acids is 1. The molecule has 1 aliphatic carbocycles. The van der Waals surface area contributed by atoms with E-state index in [1.165, 1.54) is 0 Å². The molecule has 1 aromatic heterocycles. The van der Waals surface area contributed by atoms with Crippen molar-refractivity contribution >= 4 is 22.7 Å². The first-order valence-electron chi connectivity index (χ1n) is 6.47. The summed E-state index contributed by atoms with van der Waals surface area (Å²) in [5, 5.41) is 1.01. The molecule has 0 saturated heterocycles. The van der Waals surface area contributed by atoms with E-state index >= 15 is 0 Å². The summed E-state index contributed by atoms with van der Waals surface area (Å²) in [5.41, 5.74) is 13.8. The van der Waals surface area contributed by atoms with Crippen LogP contribution in [0.5, 0.6) is 0 Å². The van der Waals surface area contributed by atoms with E-state index in [1.54, 1.807) is 11.2 Å². The minimum Gasteiger partial charge on any atom is -0.464 e. The van der Waals surface area contributed by atoms with Crippen LogP contribution in [0.3, 0.4) is 0 Å². The monoisotopic (exact) mass is 259 g/mol. The van der Waals surface area contributed by atoms with Crippen molar-refractivity contribution in [3.05, 3.63) is 30.0 Å². The number of amides is 2. The van der Waals surface area contributed by atoms with E-state index in [4.69, 9.17) is 15.9 Å². The Labute approximate surface area is 111 Å². The third-order valence-electron chi connectivity index (χ3n) is 3.57. The highest BCUT2D eigenvalue weighted by molar-refractivity contribution is 5.84. The van der Waals surface area contributed by atoms with Gasteiger partial charge in [-0.15, -0.1) is 0 Å². The van der Waals surface area contributed by atoms with Gasteiger partial charge in [-0.2, -0.15) is 0 Å². The lowest BCUT2D eigenvalue weighted by molar-refractivity contribution is 0.205. The average Bonchev–Trinajstić information content (AvgIpc) is 3.12. The van der Waals surface area contributed by atoms with Gasteiger partial charge < -0.3 is 20.8 Å². The molecule has 2 aromatic rings. The third kappa shape index (κ3) is 2.36. The van der Waals surface area contributed by atoms with Crippen molar-refractivity contribution < 1.29 is 9.21 Å². The van der Waals surface area contributed by atoms with Gasteiger partial charge in [0.2, 0.25) is 0 Å². The van der Waals surface area contributed by atoms with Crippen LogP contribution in [0.25, 0.3) is 11.0 Å². The van der Waals surface area contributed by atoms with Gasteiger partial charge >= 0.3 is 6.03 Å². The summed E-state index contributed by atoms with van der Waals surface area (Å²) in [4.78, 5) is 13.1. The standard InChI is InChI=1S/C14H17N3O2/c15-10-1-4-13-12(7-10)9(8-19-13)5-6-17(14(16)18)11-2-3-11/h1,4,7-8,11H,2-3,5-6,15H2,(H2,16,18). The van der Waals surface area contributed by atoms with Gasteiger partial charge in [-0.05, 0) is 37.5 Å². The first-order valence-corrected chi connectivity index (χ1v) is 6.47. The molecule has 0 bridgehead atoms. The number of hydrogen-bond acceptors (Lipinski definition) is 3. The molecule has 1 saturated carbocycles. The van der Waals surface area contributed by atoms with Crippen molar-refractivity contribution in [1.82, 2.24) is 4.90 Å². The van der Waals surface area contributed by atoms with Gasteiger partial charge in [0.15, 0.2) is 0 Å². The number of nitrogens with zero attached hydrogens (tertiary/aromatic N) is 1. The number of primary amides is 1. The van der Waals surface area contributed by atoms with Crippen molar-refractivity contribution in [3.63, 3.8) is 0 Å². The lowest BCUT2D eigenvalue weighted by atomic mass is 10.1. The number of hydrogen-bond donors (Lipinski definition) is 2. The van der Waals surface area contributed by atoms with Crippen LogP contribution in [0.4, 0.5) is 10.5 Å². The largest absolute Gasteiger partial charge is 0.464 e. The van der Waals surface area contributed by atoms with Crippen LogP contribution < -0.4 is 11.5 Å². The zero-order chi connectivity index (χ0) is 13.4. The lowest BCUT2D eigenvalue weighted by Crippen LogP contribution is -2.38. The molecule has 2 amide bonds. The van der Waals surface area contributed by atoms with Gasteiger partial charge in [0.1, 0.15) is 5.58 Å². The van der Waals surface area contributed by atoms with Crippen LogP contribution in [-0.2, 0) is 6.42 Å². The second-order valence-electron chi connectivity index (χ2n) is 5.03. The van der Waals surface area contributed by atoms with Crippen LogP contribution in [0.1, 0.15) is 18.4 Å². The second-order valence-corrected chi connectivity index (χ2v) is 5.03. The van der Waals surface area contributed by atoms with Crippen LogP contribution in [0, 0.1) is 0 Å². The fourth-order valence-electron chi connectivity index (χ4n) is 2.39. The fourth-order valence-corrected chi connectivity index (χ4v) is 2.39. The summed E-state index contributed by atoms with van der Waals surface area (Å²) < 4.78 is 5.48. The molecule has 1 aromatic carbocycles. The van der Waals surface area contributed by atoms with E-state index < -0.39 is 0 Å². The highest BCUT2D eigenvalue weighted by Gasteiger charge is 2.31. The Hall–Kier alpha value is -2.17. The number of urea groups is 1. The van der Waals surface area contributed by atoms with Crippen LogP contribution in [0.15, 0.2) is 28.9 Å². The number of nitrogen functional groups attached to an aromatic ring is 1. The second kappa shape index (κ2) is 4.50. The molecule has 100 valence electrons. The van der Waals surface area contributed by atoms with Crippen molar-refractivity contribution in [2.75, 3.05) is 12.3 Å². The molecule has 0 unspecified atom stereocenters. The highest BCUT2D eigenvalue weighted by atomic mass is 16.3. The Balaban J connectivity index is 1.77. The zero-order valence-corrected chi connectivity index (χ0v) is 10.6. The van der Waals surface area contributed by atoms with E-state index in [1.807, 2.05) is 18.2 Å². The summed E-state index contributed by atoms with van der Waals surface area (Å²) in [6, 6.07) is 5.58. The van der Waals surface area contributed by atoms with Crippen molar-refractivity contribution in [2.24, 2.45) is 5.73 Å². The van der Waals surface area contributed by atoms with Crippen molar-refractivity contribution in [2.45, 2.75) is 25.3 Å². The molecule has 1 heterocycles. The van der Waals surface area contributed by atoms with Crippen LogP contribution in [-0.4, -0.2) is 23.5 Å². The lowest BCUT2D eigenvalue weighted by Gasteiger charge is -2.19. The summed E-state index contributed by atoms with van der Waals surface area (Å²) in [7, 11) is 0. The van der Waals surface area contributed by atoms with Gasteiger partial charge in [-0.25, -0.2) is 4.79 Å². The minimum atomic E-state index is -0.338. The average molecular weight is 259 g/mol. The van der Waals surface area contributed by atoms with E-state index in [0.29, 0.717) is 18.3 Å². The van der Waals surface area contributed by atoms with Gasteiger partial charge in [0, 0.05) is 29.2 Å². The molecule has 19 heavy (non-hydrogen) atoms. The van der Waals surface area contributed by atoms with E-state index in [-0.39, 0.29) is 6.03 Å². The number of benzene rings is 1. The van der Waals surface area contributed by atoms with E-state index in [2.05, 4.69) is 0 Å². The minimum absolute atomic E-state index is 0.334. The maximum atomic E-state index is 11.4. The predicted molar refractivity (Wildman–Crippen MR) is 73.6 cm³/mol. The normalized spacial score (nSPS) is 14.7. The summed E-state index contributed by atoms with van der Waals surface area (Å²) in [6.07, 6.45) is 4.58. The Morgan fingerprint density at radius 1 is 1.42 bits per heavy atom. The molecule has 3 rings (SSSR count). The summed E-state index contributed by atoms with van der Waals surface area (Å²) in [6.45, 7) is 0.628. The van der Waals surface area contributed by atoms with Crippen LogP contribution in [0.2, 0.25) is 0 Å². The Morgan fingerprint density at radius 3 is 2.89 bits per heavy atom. The Bertz CT molecular complexity index is 616. The zero-order valence-electron chi connectivity index (χ0n) is 10.6. The Morgan fingerprint density at radius 2 is 2.21 bits per heavy atom. The molecule has 1 aliphatic rings. The number of nitrogens with two attached hydrogens (primary N) is 2. The van der Waals surface area contributed by atoms with Gasteiger partial charge in [0.05, 0.1) is 6.26 Å². The first kappa shape index (κ1) is 11.9. The first-order chi connectivity index (χ1) is 9.15. The third-order valence-corrected chi connectivity index (χ3v) is 3.57. The molecule has 0 radical (unpaired) electrons. The summed E-state index contributed by atoms with van der Waals surface area (Å²) in [5.74, 6) is 0. The molecule has 5 nitrogen and oxygen atoms in total. The maximum Gasteiger partial charge on any atom is 0.315 e. The molecular formula is C14H17N3O2. The molecular weight excluding hydrogens is 242 g/mol. The number of carbonyl (C=O) groups is 1. The maximum absolute atomic E-state index is 11.4. The van der Waals surface area contributed by atoms with Gasteiger partial charge in [-0.3, -0.25) is 0 Å². The van der Waals surface area contributed by atoms with Gasteiger partial charge in [0.25, 0.3) is 0 Å². The number of furan rings is 1. The SMILES string of the molecule is NC(=O)N(CCc1coc2ccc(N)cc12)C1CC1. The smallest absolute Gasteiger partial charge is 0.315 e. The fraction of sp³-hybridized carbons (Fsp3) is 0.357. The molecule has 5 heteroatoms. The van der Waals surface area contributed by atoms with E-state index in [0.717, 1.165) is 35.8 Å². The van der Waals surface area contributed by atoms with E-state index in [9.17, 15) is 4.79 Å². The van der Waals surface area contributed by atoms with Crippen molar-refractivity contribution in [1.29, 1.82) is 0 Å². The van der Waals surface area contributed by atoms with Gasteiger partial charge in [-0.1, -0.05) is 0 Å².